The van der Waals surface area contributed by atoms with Gasteiger partial charge in [-0.05, 0) is 6.07 Å². The second kappa shape index (κ2) is 5.26. The van der Waals surface area contributed by atoms with Crippen LogP contribution < -0.4 is 0 Å². The molecule has 0 fully saturated rings. The summed E-state index contributed by atoms with van der Waals surface area (Å²) in [7, 11) is 0. The summed E-state index contributed by atoms with van der Waals surface area (Å²) in [4.78, 5) is 10.4. The average molecular weight is 311 g/mol. The summed E-state index contributed by atoms with van der Waals surface area (Å²) < 4.78 is 6.22. The molecule has 0 radical (unpaired) electrons. The summed E-state index contributed by atoms with van der Waals surface area (Å²) in [6.45, 7) is 0. The molecule has 17 heavy (non-hydrogen) atoms. The van der Waals surface area contributed by atoms with Gasteiger partial charge in [-0.25, -0.2) is 0 Å². The Labute approximate surface area is 114 Å². The van der Waals surface area contributed by atoms with Crippen molar-refractivity contribution in [1.82, 2.24) is 10.2 Å². The molecule has 0 atom stereocenters. The predicted molar refractivity (Wildman–Crippen MR) is 66.0 cm³/mol. The SMILES string of the molecule is O=C(O)CSc1nnc(-c2cc(Cl)sc2Cl)o1. The van der Waals surface area contributed by atoms with E-state index in [4.69, 9.17) is 32.7 Å². The molecular weight excluding hydrogens is 307 g/mol. The third-order valence-corrected chi connectivity index (χ3v) is 3.90. The molecule has 0 saturated heterocycles. The second-order valence-corrected chi connectivity index (χ2v) is 6.01. The number of hydrogen-bond donors (Lipinski definition) is 1. The van der Waals surface area contributed by atoms with Crippen LogP contribution in [0, 0.1) is 0 Å². The molecule has 0 spiro atoms. The first-order valence-electron chi connectivity index (χ1n) is 4.19. The summed E-state index contributed by atoms with van der Waals surface area (Å²) in [6.07, 6.45) is 0. The second-order valence-electron chi connectivity index (χ2n) is 2.79. The van der Waals surface area contributed by atoms with E-state index >= 15 is 0 Å². The van der Waals surface area contributed by atoms with E-state index in [9.17, 15) is 4.79 Å². The third-order valence-electron chi connectivity index (χ3n) is 1.61. The molecule has 0 unspecified atom stereocenters. The number of thioether (sulfide) groups is 1. The maximum atomic E-state index is 10.4. The Balaban J connectivity index is 2.18. The molecule has 0 aliphatic rings. The first kappa shape index (κ1) is 12.7. The molecule has 0 aliphatic heterocycles. The van der Waals surface area contributed by atoms with Gasteiger partial charge in [0, 0.05) is 0 Å². The van der Waals surface area contributed by atoms with Gasteiger partial charge in [0.1, 0.15) is 10.1 Å². The molecule has 1 N–H and O–H groups in total. The maximum absolute atomic E-state index is 10.4. The lowest BCUT2D eigenvalue weighted by Crippen LogP contribution is -1.97. The minimum absolute atomic E-state index is 0.139. The highest BCUT2D eigenvalue weighted by Gasteiger charge is 2.15. The van der Waals surface area contributed by atoms with Crippen molar-refractivity contribution >= 4 is 52.3 Å². The van der Waals surface area contributed by atoms with Gasteiger partial charge < -0.3 is 9.52 Å². The van der Waals surface area contributed by atoms with Crippen LogP contribution in [0.1, 0.15) is 0 Å². The Bertz CT molecular complexity index is 555. The van der Waals surface area contributed by atoms with Gasteiger partial charge in [-0.2, -0.15) is 0 Å². The standard InChI is InChI=1S/C8H4Cl2N2O3S2/c9-4-1-3(6(10)17-4)7-11-12-8(15-7)16-2-5(13)14/h1H,2H2,(H,13,14). The fraction of sp³-hybridized carbons (Fsp3) is 0.125. The molecule has 90 valence electrons. The zero-order valence-electron chi connectivity index (χ0n) is 8.02. The van der Waals surface area contributed by atoms with Gasteiger partial charge in [0.15, 0.2) is 0 Å². The molecule has 2 aromatic heterocycles. The van der Waals surface area contributed by atoms with Crippen molar-refractivity contribution in [3.63, 3.8) is 0 Å². The van der Waals surface area contributed by atoms with E-state index in [1.54, 1.807) is 6.07 Å². The Morgan fingerprint density at radius 1 is 1.53 bits per heavy atom. The van der Waals surface area contributed by atoms with Gasteiger partial charge in [0.2, 0.25) is 0 Å². The first-order chi connectivity index (χ1) is 8.06. The quantitative estimate of drug-likeness (QED) is 0.873. The molecule has 9 heteroatoms. The van der Waals surface area contributed by atoms with Crippen LogP contribution in [0.2, 0.25) is 8.67 Å². The zero-order chi connectivity index (χ0) is 12.4. The van der Waals surface area contributed by atoms with Crippen LogP contribution in [0.4, 0.5) is 0 Å². The summed E-state index contributed by atoms with van der Waals surface area (Å²) in [5.41, 5.74) is 0.552. The number of aromatic nitrogens is 2. The number of hydrogen-bond acceptors (Lipinski definition) is 6. The summed E-state index contributed by atoms with van der Waals surface area (Å²) in [5.74, 6) is -0.864. The number of carbonyl (C=O) groups is 1. The summed E-state index contributed by atoms with van der Waals surface area (Å²) >= 11 is 13.8. The Morgan fingerprint density at radius 2 is 2.29 bits per heavy atom. The highest BCUT2D eigenvalue weighted by molar-refractivity contribution is 7.99. The molecule has 5 nitrogen and oxygen atoms in total. The molecule has 2 aromatic rings. The lowest BCUT2D eigenvalue weighted by molar-refractivity contribution is -0.133. The van der Waals surface area contributed by atoms with E-state index in [1.807, 2.05) is 0 Å². The van der Waals surface area contributed by atoms with E-state index in [1.165, 1.54) is 11.3 Å². The minimum atomic E-state index is -0.952. The molecule has 0 amide bonds. The average Bonchev–Trinajstić information content (AvgIpc) is 2.82. The smallest absolute Gasteiger partial charge is 0.314 e. The molecule has 2 heterocycles. The van der Waals surface area contributed by atoms with Crippen LogP contribution in [0.3, 0.4) is 0 Å². The van der Waals surface area contributed by atoms with E-state index < -0.39 is 5.97 Å². The lowest BCUT2D eigenvalue weighted by Gasteiger charge is -1.90. The van der Waals surface area contributed by atoms with E-state index in [-0.39, 0.29) is 16.9 Å². The van der Waals surface area contributed by atoms with Crippen molar-refractivity contribution in [1.29, 1.82) is 0 Å². The number of thiophene rings is 1. The van der Waals surface area contributed by atoms with E-state index in [2.05, 4.69) is 10.2 Å². The van der Waals surface area contributed by atoms with Crippen molar-refractivity contribution in [3.05, 3.63) is 14.7 Å². The van der Waals surface area contributed by atoms with Crippen molar-refractivity contribution in [3.8, 4) is 11.5 Å². The van der Waals surface area contributed by atoms with Crippen molar-refractivity contribution in [2.75, 3.05) is 5.75 Å². The largest absolute Gasteiger partial charge is 0.481 e. The number of carboxylic acids is 1. The van der Waals surface area contributed by atoms with Gasteiger partial charge in [-0.15, -0.1) is 21.5 Å². The van der Waals surface area contributed by atoms with Gasteiger partial charge in [0.25, 0.3) is 11.1 Å². The normalized spacial score (nSPS) is 10.7. The van der Waals surface area contributed by atoms with Gasteiger partial charge in [-0.1, -0.05) is 35.0 Å². The summed E-state index contributed by atoms with van der Waals surface area (Å²) in [5, 5.41) is 16.2. The molecule has 0 bridgehead atoms. The van der Waals surface area contributed by atoms with E-state index in [0.717, 1.165) is 11.8 Å². The monoisotopic (exact) mass is 310 g/mol. The molecule has 0 aromatic carbocycles. The maximum Gasteiger partial charge on any atom is 0.314 e. The minimum Gasteiger partial charge on any atom is -0.481 e. The van der Waals surface area contributed by atoms with Crippen molar-refractivity contribution < 1.29 is 14.3 Å². The number of aliphatic carboxylic acids is 1. The summed E-state index contributed by atoms with van der Waals surface area (Å²) in [6, 6.07) is 1.62. The van der Waals surface area contributed by atoms with Gasteiger partial charge >= 0.3 is 5.97 Å². The van der Waals surface area contributed by atoms with Gasteiger partial charge in [0.05, 0.1) is 9.90 Å². The number of halogens is 2. The zero-order valence-corrected chi connectivity index (χ0v) is 11.2. The molecule has 0 aliphatic carbocycles. The Kier molecular flexibility index (Phi) is 3.93. The fourth-order valence-electron chi connectivity index (χ4n) is 0.986. The fourth-order valence-corrected chi connectivity index (χ4v) is 2.92. The topological polar surface area (TPSA) is 76.2 Å². The third kappa shape index (κ3) is 3.12. The first-order valence-corrected chi connectivity index (χ1v) is 6.75. The Morgan fingerprint density at radius 3 is 2.88 bits per heavy atom. The lowest BCUT2D eigenvalue weighted by atomic mass is 10.3. The van der Waals surface area contributed by atoms with Crippen LogP contribution in [0.25, 0.3) is 11.5 Å². The molecule has 0 saturated carbocycles. The number of rotatable bonds is 4. The van der Waals surface area contributed by atoms with Crippen LogP contribution in [0.15, 0.2) is 15.7 Å². The highest BCUT2D eigenvalue weighted by Crippen LogP contribution is 2.38. The van der Waals surface area contributed by atoms with Crippen molar-refractivity contribution in [2.45, 2.75) is 5.22 Å². The van der Waals surface area contributed by atoms with Gasteiger partial charge in [-0.3, -0.25) is 4.79 Å². The molecule has 2 rings (SSSR count). The predicted octanol–water partition coefficient (Wildman–Crippen LogP) is 3.28. The van der Waals surface area contributed by atoms with Crippen LogP contribution in [-0.4, -0.2) is 27.0 Å². The van der Waals surface area contributed by atoms with E-state index in [0.29, 0.717) is 14.2 Å². The highest BCUT2D eigenvalue weighted by atomic mass is 35.5. The number of nitrogens with zero attached hydrogens (tertiary/aromatic N) is 2. The molecular formula is C8H4Cl2N2O3S2. The van der Waals surface area contributed by atoms with Crippen LogP contribution >= 0.6 is 46.3 Å². The van der Waals surface area contributed by atoms with Crippen LogP contribution in [-0.2, 0) is 4.79 Å². The Hall–Kier alpha value is -0.760. The number of carboxylic acid groups (broad SMARTS) is 1. The van der Waals surface area contributed by atoms with Crippen molar-refractivity contribution in [2.24, 2.45) is 0 Å². The van der Waals surface area contributed by atoms with Crippen LogP contribution in [0.5, 0.6) is 0 Å².